The number of aromatic nitrogens is 4. The first-order valence-corrected chi connectivity index (χ1v) is 10.9. The molecule has 0 aliphatic carbocycles. The van der Waals surface area contributed by atoms with Crippen molar-refractivity contribution in [3.8, 4) is 17.1 Å². The van der Waals surface area contributed by atoms with Crippen LogP contribution in [0.5, 0.6) is 0 Å². The molecule has 2 aromatic heterocycles. The minimum absolute atomic E-state index is 0.000360. The average molecular weight is 430 g/mol. The van der Waals surface area contributed by atoms with E-state index in [0.29, 0.717) is 11.3 Å². The van der Waals surface area contributed by atoms with Crippen LogP contribution in [0.4, 0.5) is 0 Å². The van der Waals surface area contributed by atoms with Crippen LogP contribution >= 0.6 is 11.8 Å². The van der Waals surface area contributed by atoms with E-state index in [2.05, 4.69) is 38.8 Å². The number of hydrogen-bond acceptors (Lipinski definition) is 5. The summed E-state index contributed by atoms with van der Waals surface area (Å²) < 4.78 is 2.08. The summed E-state index contributed by atoms with van der Waals surface area (Å²) in [7, 11) is 3.51. The van der Waals surface area contributed by atoms with Crippen molar-refractivity contribution < 1.29 is 4.79 Å². The van der Waals surface area contributed by atoms with Crippen LogP contribution in [0, 0.1) is 6.92 Å². The smallest absolute Gasteiger partial charge is 0.253 e. The Morgan fingerprint density at radius 1 is 1.00 bits per heavy atom. The van der Waals surface area contributed by atoms with E-state index in [4.69, 9.17) is 0 Å². The van der Waals surface area contributed by atoms with E-state index in [9.17, 15) is 4.79 Å². The van der Waals surface area contributed by atoms with Crippen molar-refractivity contribution in [1.29, 1.82) is 0 Å². The molecule has 0 radical (unpaired) electrons. The minimum atomic E-state index is -0.000360. The van der Waals surface area contributed by atoms with E-state index >= 15 is 0 Å². The lowest BCUT2D eigenvalue weighted by molar-refractivity contribution is 0.0827. The van der Waals surface area contributed by atoms with Crippen molar-refractivity contribution in [3.63, 3.8) is 0 Å². The number of hydrogen-bond donors (Lipinski definition) is 0. The molecular formula is C24H23N5OS. The molecular weight excluding hydrogens is 406 g/mol. The number of carbonyl (C=O) groups excluding carboxylic acids is 1. The summed E-state index contributed by atoms with van der Waals surface area (Å²) in [4.78, 5) is 17.9. The molecule has 6 nitrogen and oxygen atoms in total. The van der Waals surface area contributed by atoms with Crippen LogP contribution < -0.4 is 0 Å². The predicted molar refractivity (Wildman–Crippen MR) is 123 cm³/mol. The Morgan fingerprint density at radius 2 is 1.77 bits per heavy atom. The number of thioether (sulfide) groups is 1. The second-order valence-corrected chi connectivity index (χ2v) is 8.30. The summed E-state index contributed by atoms with van der Waals surface area (Å²) in [6.45, 7) is 2.08. The number of amides is 1. The molecule has 0 atom stereocenters. The summed E-state index contributed by atoms with van der Waals surface area (Å²) in [5.41, 5.74) is 4.89. The van der Waals surface area contributed by atoms with Gasteiger partial charge in [0, 0.05) is 43.4 Å². The van der Waals surface area contributed by atoms with Crippen molar-refractivity contribution in [2.75, 3.05) is 14.1 Å². The zero-order valence-electron chi connectivity index (χ0n) is 17.7. The lowest BCUT2D eigenvalue weighted by atomic mass is 10.1. The fourth-order valence-electron chi connectivity index (χ4n) is 3.23. The number of carbonyl (C=O) groups is 1. The Hall–Kier alpha value is -3.45. The van der Waals surface area contributed by atoms with Crippen LogP contribution in [0.25, 0.3) is 17.1 Å². The fraction of sp³-hybridized carbons (Fsp3) is 0.167. The third-order valence-corrected chi connectivity index (χ3v) is 5.88. The number of para-hydroxylation sites is 1. The van der Waals surface area contributed by atoms with Crippen molar-refractivity contribution in [2.24, 2.45) is 0 Å². The van der Waals surface area contributed by atoms with Crippen molar-refractivity contribution in [3.05, 3.63) is 89.7 Å². The summed E-state index contributed by atoms with van der Waals surface area (Å²) in [5, 5.41) is 9.76. The summed E-state index contributed by atoms with van der Waals surface area (Å²) in [5.74, 6) is 1.48. The Labute approximate surface area is 186 Å². The van der Waals surface area contributed by atoms with Crippen molar-refractivity contribution in [2.45, 2.75) is 17.8 Å². The summed E-state index contributed by atoms with van der Waals surface area (Å²) >= 11 is 1.61. The first kappa shape index (κ1) is 20.8. The lowest BCUT2D eigenvalue weighted by Gasteiger charge is -2.13. The predicted octanol–water partition coefficient (Wildman–Crippen LogP) is 4.63. The number of rotatable bonds is 6. The lowest BCUT2D eigenvalue weighted by Crippen LogP contribution is -2.21. The zero-order valence-corrected chi connectivity index (χ0v) is 18.5. The van der Waals surface area contributed by atoms with Crippen molar-refractivity contribution in [1.82, 2.24) is 24.6 Å². The number of benzene rings is 2. The molecule has 0 N–H and O–H groups in total. The molecule has 0 spiro atoms. The van der Waals surface area contributed by atoms with Gasteiger partial charge in [-0.1, -0.05) is 42.1 Å². The quantitative estimate of drug-likeness (QED) is 0.418. The molecule has 31 heavy (non-hydrogen) atoms. The normalized spacial score (nSPS) is 10.8. The number of aryl methyl sites for hydroxylation is 1. The van der Waals surface area contributed by atoms with E-state index in [1.54, 1.807) is 43.2 Å². The van der Waals surface area contributed by atoms with Gasteiger partial charge in [0.1, 0.15) is 0 Å². The second kappa shape index (κ2) is 9.14. The molecule has 156 valence electrons. The molecule has 7 heteroatoms. The van der Waals surface area contributed by atoms with Gasteiger partial charge >= 0.3 is 0 Å². The maximum Gasteiger partial charge on any atom is 0.253 e. The standard InChI is InChI=1S/C24H23N5OS/c1-17-7-4-5-9-21(17)29-22(20-8-6-14-25-15-20)26-27-24(29)31-16-18-10-12-19(13-11-18)23(30)28(2)3/h4-15H,16H2,1-3H3. The van der Waals surface area contributed by atoms with E-state index in [1.165, 1.54) is 0 Å². The topological polar surface area (TPSA) is 63.9 Å². The second-order valence-electron chi connectivity index (χ2n) is 7.35. The van der Waals surface area contributed by atoms with E-state index < -0.39 is 0 Å². The molecule has 0 bridgehead atoms. The third kappa shape index (κ3) is 4.51. The van der Waals surface area contributed by atoms with Gasteiger partial charge in [-0.05, 0) is 48.4 Å². The van der Waals surface area contributed by atoms with Crippen molar-refractivity contribution >= 4 is 17.7 Å². The molecule has 4 aromatic rings. The Morgan fingerprint density at radius 3 is 2.45 bits per heavy atom. The highest BCUT2D eigenvalue weighted by molar-refractivity contribution is 7.98. The minimum Gasteiger partial charge on any atom is -0.345 e. The maximum absolute atomic E-state index is 12.1. The number of pyridine rings is 1. The molecule has 0 unspecified atom stereocenters. The van der Waals surface area contributed by atoms with E-state index in [-0.39, 0.29) is 5.91 Å². The van der Waals surface area contributed by atoms with Gasteiger partial charge in [-0.15, -0.1) is 10.2 Å². The molecule has 0 saturated carbocycles. The molecule has 2 heterocycles. The summed E-state index contributed by atoms with van der Waals surface area (Å²) in [6, 6.07) is 19.8. The molecule has 2 aromatic carbocycles. The number of nitrogens with zero attached hydrogens (tertiary/aromatic N) is 5. The first-order valence-electron chi connectivity index (χ1n) is 9.90. The van der Waals surface area contributed by atoms with Crippen LogP contribution in [-0.2, 0) is 5.75 Å². The van der Waals surface area contributed by atoms with Crippen LogP contribution in [0.1, 0.15) is 21.5 Å². The highest BCUT2D eigenvalue weighted by Gasteiger charge is 2.17. The summed E-state index contributed by atoms with van der Waals surface area (Å²) in [6.07, 6.45) is 3.55. The SMILES string of the molecule is Cc1ccccc1-n1c(SCc2ccc(C(=O)N(C)C)cc2)nnc1-c1cccnc1. The Kier molecular flexibility index (Phi) is 6.13. The largest absolute Gasteiger partial charge is 0.345 e. The first-order chi connectivity index (χ1) is 15.0. The van der Waals surface area contributed by atoms with Gasteiger partial charge in [0.15, 0.2) is 11.0 Å². The Balaban J connectivity index is 1.64. The van der Waals surface area contributed by atoms with Crippen LogP contribution in [0.2, 0.25) is 0 Å². The fourth-order valence-corrected chi connectivity index (χ4v) is 4.13. The molecule has 0 fully saturated rings. The third-order valence-electron chi connectivity index (χ3n) is 4.88. The van der Waals surface area contributed by atoms with Gasteiger partial charge in [0.2, 0.25) is 0 Å². The molecule has 0 aliphatic heterocycles. The van der Waals surface area contributed by atoms with Crippen LogP contribution in [-0.4, -0.2) is 44.7 Å². The van der Waals surface area contributed by atoms with E-state index in [0.717, 1.165) is 33.4 Å². The highest BCUT2D eigenvalue weighted by atomic mass is 32.2. The highest BCUT2D eigenvalue weighted by Crippen LogP contribution is 2.30. The van der Waals surface area contributed by atoms with E-state index in [1.807, 2.05) is 48.5 Å². The molecule has 0 aliphatic rings. The van der Waals surface area contributed by atoms with Gasteiger partial charge in [-0.2, -0.15) is 0 Å². The van der Waals surface area contributed by atoms with Gasteiger partial charge < -0.3 is 4.90 Å². The van der Waals surface area contributed by atoms with Crippen LogP contribution in [0.15, 0.2) is 78.2 Å². The Bertz CT molecular complexity index is 1190. The molecule has 0 saturated heterocycles. The van der Waals surface area contributed by atoms with Gasteiger partial charge in [0.05, 0.1) is 5.69 Å². The van der Waals surface area contributed by atoms with Crippen LogP contribution in [0.3, 0.4) is 0 Å². The van der Waals surface area contributed by atoms with Gasteiger partial charge in [0.25, 0.3) is 5.91 Å². The van der Waals surface area contributed by atoms with Gasteiger partial charge in [-0.25, -0.2) is 0 Å². The monoisotopic (exact) mass is 429 g/mol. The molecule has 1 amide bonds. The average Bonchev–Trinajstić information content (AvgIpc) is 3.22. The van der Waals surface area contributed by atoms with Gasteiger partial charge in [-0.3, -0.25) is 14.3 Å². The zero-order chi connectivity index (χ0) is 21.8. The maximum atomic E-state index is 12.1. The molecule has 4 rings (SSSR count).